The van der Waals surface area contributed by atoms with Crippen LogP contribution < -0.4 is 5.32 Å². The lowest BCUT2D eigenvalue weighted by molar-refractivity contribution is -0.0316. The summed E-state index contributed by atoms with van der Waals surface area (Å²) in [5.74, 6) is 0. The molecule has 0 radical (unpaired) electrons. The predicted molar refractivity (Wildman–Crippen MR) is 55.2 cm³/mol. The zero-order valence-electron chi connectivity index (χ0n) is 7.63. The predicted octanol–water partition coefficient (Wildman–Crippen LogP) is 2.58. The van der Waals surface area contributed by atoms with E-state index >= 15 is 0 Å². The first kappa shape index (κ1) is 9.46. The van der Waals surface area contributed by atoms with E-state index in [1.54, 1.807) is 11.3 Å². The second-order valence-corrected chi connectivity index (χ2v) is 5.16. The molecule has 13 heavy (non-hydrogen) atoms. The number of ether oxygens (including phenoxy) is 1. The topological polar surface area (TPSA) is 21.3 Å². The molecular weight excluding hydrogens is 206 g/mol. The van der Waals surface area contributed by atoms with Gasteiger partial charge in [-0.1, -0.05) is 11.6 Å². The molecule has 1 N–H and O–H groups in total. The van der Waals surface area contributed by atoms with Gasteiger partial charge in [-0.25, -0.2) is 0 Å². The van der Waals surface area contributed by atoms with Crippen molar-refractivity contribution >= 4 is 22.9 Å². The van der Waals surface area contributed by atoms with Crippen molar-refractivity contribution in [1.29, 1.82) is 0 Å². The average Bonchev–Trinajstić information content (AvgIpc) is 2.60. The Hall–Kier alpha value is -0.0900. The molecule has 2 heterocycles. The molecule has 2 unspecified atom stereocenters. The van der Waals surface area contributed by atoms with Crippen molar-refractivity contribution in [2.75, 3.05) is 6.54 Å². The van der Waals surface area contributed by atoms with Crippen molar-refractivity contribution in [2.45, 2.75) is 25.7 Å². The van der Waals surface area contributed by atoms with Crippen molar-refractivity contribution < 1.29 is 4.74 Å². The van der Waals surface area contributed by atoms with Crippen LogP contribution >= 0.6 is 22.9 Å². The Kier molecular flexibility index (Phi) is 2.36. The van der Waals surface area contributed by atoms with Gasteiger partial charge < -0.3 is 4.74 Å². The minimum atomic E-state index is -0.336. The molecule has 0 aliphatic carbocycles. The summed E-state index contributed by atoms with van der Waals surface area (Å²) in [7, 11) is 0. The first-order valence-electron chi connectivity index (χ1n) is 4.29. The molecule has 1 aromatic rings. The minimum Gasteiger partial charge on any atom is -0.352 e. The van der Waals surface area contributed by atoms with Crippen LogP contribution in [0.3, 0.4) is 0 Å². The van der Waals surface area contributed by atoms with E-state index in [1.165, 1.54) is 0 Å². The van der Waals surface area contributed by atoms with Gasteiger partial charge >= 0.3 is 0 Å². The average molecular weight is 218 g/mol. The van der Waals surface area contributed by atoms with Crippen molar-refractivity contribution in [2.24, 2.45) is 0 Å². The van der Waals surface area contributed by atoms with Crippen molar-refractivity contribution in [3.05, 3.63) is 21.3 Å². The molecule has 1 saturated heterocycles. The molecule has 0 bridgehead atoms. The highest BCUT2D eigenvalue weighted by Gasteiger charge is 2.36. The maximum Gasteiger partial charge on any atom is 0.152 e. The summed E-state index contributed by atoms with van der Waals surface area (Å²) < 4.78 is 6.60. The summed E-state index contributed by atoms with van der Waals surface area (Å²) in [6.45, 7) is 5.00. The molecule has 0 spiro atoms. The van der Waals surface area contributed by atoms with Gasteiger partial charge in [-0.2, -0.15) is 0 Å². The Balaban J connectivity index is 2.25. The largest absolute Gasteiger partial charge is 0.352 e. The van der Waals surface area contributed by atoms with Crippen molar-refractivity contribution in [3.8, 4) is 0 Å². The van der Waals surface area contributed by atoms with E-state index in [9.17, 15) is 0 Å². The maximum absolute atomic E-state index is 5.87. The Morgan fingerprint density at radius 2 is 2.46 bits per heavy atom. The molecule has 0 saturated carbocycles. The molecule has 0 amide bonds. The van der Waals surface area contributed by atoms with E-state index in [2.05, 4.69) is 12.2 Å². The first-order chi connectivity index (χ1) is 6.10. The van der Waals surface area contributed by atoms with Gasteiger partial charge in [-0.05, 0) is 26.0 Å². The lowest BCUT2D eigenvalue weighted by Gasteiger charge is -2.22. The Bertz CT molecular complexity index is 314. The standard InChI is InChI=1S/C9H12ClNOS/c1-6-5-11-9(2,12-6)7-3-4-8(10)13-7/h3-4,6,11H,5H2,1-2H3. The molecular formula is C9H12ClNOS. The highest BCUT2D eigenvalue weighted by molar-refractivity contribution is 7.16. The lowest BCUT2D eigenvalue weighted by Crippen LogP contribution is -2.33. The van der Waals surface area contributed by atoms with Gasteiger partial charge in [0, 0.05) is 6.54 Å². The van der Waals surface area contributed by atoms with Crippen LogP contribution in [-0.2, 0) is 10.5 Å². The second-order valence-electron chi connectivity index (χ2n) is 3.45. The van der Waals surface area contributed by atoms with Gasteiger partial charge in [0.1, 0.15) is 0 Å². The quantitative estimate of drug-likeness (QED) is 0.781. The zero-order valence-corrected chi connectivity index (χ0v) is 9.21. The number of hydrogen-bond acceptors (Lipinski definition) is 3. The zero-order chi connectivity index (χ0) is 9.47. The Morgan fingerprint density at radius 1 is 1.69 bits per heavy atom. The normalized spacial score (nSPS) is 33.9. The third kappa shape index (κ3) is 1.74. The number of nitrogens with one attached hydrogen (secondary N) is 1. The van der Waals surface area contributed by atoms with E-state index in [4.69, 9.17) is 16.3 Å². The molecule has 1 aromatic heterocycles. The van der Waals surface area contributed by atoms with Crippen LogP contribution in [0, 0.1) is 0 Å². The molecule has 1 aliphatic heterocycles. The second kappa shape index (κ2) is 3.24. The van der Waals surface area contributed by atoms with E-state index < -0.39 is 0 Å². The highest BCUT2D eigenvalue weighted by atomic mass is 35.5. The SMILES string of the molecule is CC1CNC(C)(c2ccc(Cl)s2)O1. The lowest BCUT2D eigenvalue weighted by atomic mass is 10.2. The summed E-state index contributed by atoms with van der Waals surface area (Å²) in [6.07, 6.45) is 0.269. The number of rotatable bonds is 1. The van der Waals surface area contributed by atoms with Gasteiger partial charge in [0.2, 0.25) is 0 Å². The molecule has 1 aliphatic rings. The fourth-order valence-corrected chi connectivity index (χ4v) is 2.65. The van der Waals surface area contributed by atoms with Gasteiger partial charge in [0.25, 0.3) is 0 Å². The first-order valence-corrected chi connectivity index (χ1v) is 5.48. The van der Waals surface area contributed by atoms with Crippen molar-refractivity contribution in [1.82, 2.24) is 5.32 Å². The Morgan fingerprint density at radius 3 is 2.92 bits per heavy atom. The van der Waals surface area contributed by atoms with Crippen LogP contribution in [0.1, 0.15) is 18.7 Å². The molecule has 2 atom stereocenters. The van der Waals surface area contributed by atoms with Crippen LogP contribution in [0.4, 0.5) is 0 Å². The van der Waals surface area contributed by atoms with Gasteiger partial charge in [-0.3, -0.25) is 5.32 Å². The molecule has 72 valence electrons. The smallest absolute Gasteiger partial charge is 0.152 e. The number of hydrogen-bond donors (Lipinski definition) is 1. The fourth-order valence-electron chi connectivity index (χ4n) is 1.54. The van der Waals surface area contributed by atoms with Crippen LogP contribution in [0.15, 0.2) is 12.1 Å². The van der Waals surface area contributed by atoms with E-state index in [0.717, 1.165) is 15.8 Å². The minimum absolute atomic E-state index is 0.269. The molecule has 1 fully saturated rings. The summed E-state index contributed by atoms with van der Waals surface area (Å²) in [6, 6.07) is 3.92. The van der Waals surface area contributed by atoms with Gasteiger partial charge in [0.05, 0.1) is 15.3 Å². The molecule has 0 aromatic carbocycles. The third-order valence-corrected chi connectivity index (χ3v) is 3.64. The Labute approximate surface area is 86.9 Å². The van der Waals surface area contributed by atoms with Crippen LogP contribution in [0.25, 0.3) is 0 Å². The van der Waals surface area contributed by atoms with E-state index in [0.29, 0.717) is 0 Å². The molecule has 4 heteroatoms. The number of halogens is 1. The van der Waals surface area contributed by atoms with Crippen LogP contribution in [-0.4, -0.2) is 12.6 Å². The molecule has 2 nitrogen and oxygen atoms in total. The van der Waals surface area contributed by atoms with Gasteiger partial charge in [-0.15, -0.1) is 11.3 Å². The van der Waals surface area contributed by atoms with Crippen LogP contribution in [0.2, 0.25) is 4.34 Å². The molecule has 2 rings (SSSR count). The monoisotopic (exact) mass is 217 g/mol. The van der Waals surface area contributed by atoms with E-state index in [-0.39, 0.29) is 11.8 Å². The summed E-state index contributed by atoms with van der Waals surface area (Å²) in [5.41, 5.74) is -0.336. The fraction of sp³-hybridized carbons (Fsp3) is 0.556. The summed E-state index contributed by atoms with van der Waals surface area (Å²) in [4.78, 5) is 1.14. The third-order valence-electron chi connectivity index (χ3n) is 2.21. The number of thiophene rings is 1. The summed E-state index contributed by atoms with van der Waals surface area (Å²) >= 11 is 7.44. The maximum atomic E-state index is 5.87. The summed E-state index contributed by atoms with van der Waals surface area (Å²) in [5, 5.41) is 3.34. The van der Waals surface area contributed by atoms with Crippen molar-refractivity contribution in [3.63, 3.8) is 0 Å². The van der Waals surface area contributed by atoms with E-state index in [1.807, 2.05) is 19.1 Å². The van der Waals surface area contributed by atoms with Gasteiger partial charge in [0.15, 0.2) is 5.72 Å². The highest BCUT2D eigenvalue weighted by Crippen LogP contribution is 2.34. The van der Waals surface area contributed by atoms with Crippen LogP contribution in [0.5, 0.6) is 0 Å².